The predicted molar refractivity (Wildman–Crippen MR) is 107 cm³/mol. The number of halogens is 1. The molecule has 0 unspecified atom stereocenters. The van der Waals surface area contributed by atoms with Crippen molar-refractivity contribution in [3.63, 3.8) is 0 Å². The Kier molecular flexibility index (Phi) is 5.56. The number of rotatable bonds is 5. The molecule has 0 saturated heterocycles. The van der Waals surface area contributed by atoms with Gasteiger partial charge >= 0.3 is 5.97 Å². The van der Waals surface area contributed by atoms with Crippen molar-refractivity contribution in [1.29, 1.82) is 0 Å². The highest BCUT2D eigenvalue weighted by Crippen LogP contribution is 2.25. The van der Waals surface area contributed by atoms with Crippen LogP contribution in [0.25, 0.3) is 5.69 Å². The molecule has 2 N–H and O–H groups in total. The summed E-state index contributed by atoms with van der Waals surface area (Å²) in [6, 6.07) is 13.0. The van der Waals surface area contributed by atoms with E-state index < -0.39 is 18.3 Å². The van der Waals surface area contributed by atoms with Crippen molar-refractivity contribution in [2.24, 2.45) is 0 Å². The predicted octanol–water partition coefficient (Wildman–Crippen LogP) is 4.31. The summed E-state index contributed by atoms with van der Waals surface area (Å²) >= 11 is 3.40. The Morgan fingerprint density at radius 2 is 1.68 bits per heavy atom. The number of aromatic hydroxyl groups is 2. The Balaban J connectivity index is 1.77. The van der Waals surface area contributed by atoms with Gasteiger partial charge in [-0.1, -0.05) is 15.9 Å². The van der Waals surface area contributed by atoms with E-state index in [-0.39, 0.29) is 17.1 Å². The number of carbonyl (C=O) groups excluding carboxylic acids is 2. The topological polar surface area (TPSA) is 88.8 Å². The van der Waals surface area contributed by atoms with Crippen LogP contribution in [0.5, 0.6) is 11.5 Å². The second kappa shape index (κ2) is 7.90. The number of nitrogens with zero attached hydrogens (tertiary/aromatic N) is 1. The van der Waals surface area contributed by atoms with Crippen LogP contribution in [0.15, 0.2) is 53.0 Å². The molecule has 3 rings (SSSR count). The minimum Gasteiger partial charge on any atom is -0.508 e. The molecule has 0 aliphatic rings. The number of carbonyl (C=O) groups is 2. The average molecular weight is 444 g/mol. The summed E-state index contributed by atoms with van der Waals surface area (Å²) in [6.45, 7) is 3.27. The number of phenolic OH excluding ortho intramolecular Hbond substituents is 2. The zero-order valence-electron chi connectivity index (χ0n) is 15.3. The molecule has 2 aromatic carbocycles. The standard InChI is InChI=1S/C21H18BrNO5/c1-12-9-18(13(2)23(12)15-5-3-14(22)4-6-15)20(26)11-28-21(27)17-8-7-16(24)10-19(17)25/h3-10,24-25H,11H2,1-2H3. The van der Waals surface area contributed by atoms with E-state index in [1.807, 2.05) is 42.7 Å². The van der Waals surface area contributed by atoms with Crippen LogP contribution in [-0.4, -0.2) is 33.1 Å². The van der Waals surface area contributed by atoms with Gasteiger partial charge in [-0.3, -0.25) is 4.79 Å². The summed E-state index contributed by atoms with van der Waals surface area (Å²) in [5, 5.41) is 19.0. The van der Waals surface area contributed by atoms with Gasteiger partial charge in [0.25, 0.3) is 0 Å². The van der Waals surface area contributed by atoms with Crippen molar-refractivity contribution < 1.29 is 24.5 Å². The van der Waals surface area contributed by atoms with E-state index in [0.29, 0.717) is 5.56 Å². The highest BCUT2D eigenvalue weighted by atomic mass is 79.9. The van der Waals surface area contributed by atoms with Crippen molar-refractivity contribution in [3.05, 3.63) is 75.5 Å². The van der Waals surface area contributed by atoms with Crippen LogP contribution in [0, 0.1) is 13.8 Å². The van der Waals surface area contributed by atoms with Gasteiger partial charge < -0.3 is 19.5 Å². The summed E-state index contributed by atoms with van der Waals surface area (Å²) in [7, 11) is 0. The molecule has 0 amide bonds. The van der Waals surface area contributed by atoms with Crippen LogP contribution in [0.1, 0.15) is 32.1 Å². The Hall–Kier alpha value is -3.06. The molecular weight excluding hydrogens is 426 g/mol. The Morgan fingerprint density at radius 3 is 2.32 bits per heavy atom. The molecule has 144 valence electrons. The number of aromatic nitrogens is 1. The number of hydrogen-bond donors (Lipinski definition) is 2. The van der Waals surface area contributed by atoms with Gasteiger partial charge in [-0.15, -0.1) is 0 Å². The molecule has 0 fully saturated rings. The summed E-state index contributed by atoms with van der Waals surface area (Å²) in [4.78, 5) is 24.7. The van der Waals surface area contributed by atoms with Crippen molar-refractivity contribution in [2.75, 3.05) is 6.61 Å². The van der Waals surface area contributed by atoms with Crippen LogP contribution < -0.4 is 0 Å². The van der Waals surface area contributed by atoms with Gasteiger partial charge in [0.2, 0.25) is 5.78 Å². The van der Waals surface area contributed by atoms with Crippen molar-refractivity contribution in [2.45, 2.75) is 13.8 Å². The fourth-order valence-corrected chi connectivity index (χ4v) is 3.28. The first-order valence-electron chi connectivity index (χ1n) is 8.45. The third-order valence-electron chi connectivity index (χ3n) is 4.35. The largest absolute Gasteiger partial charge is 0.508 e. The zero-order valence-corrected chi connectivity index (χ0v) is 16.9. The quantitative estimate of drug-likeness (QED) is 0.453. The summed E-state index contributed by atoms with van der Waals surface area (Å²) in [5.74, 6) is -1.77. The number of ether oxygens (including phenoxy) is 1. The highest BCUT2D eigenvalue weighted by Gasteiger charge is 2.20. The van der Waals surface area contributed by atoms with Gasteiger partial charge in [0, 0.05) is 33.2 Å². The number of aryl methyl sites for hydroxylation is 1. The lowest BCUT2D eigenvalue weighted by molar-refractivity contribution is 0.0471. The number of esters is 1. The number of phenols is 2. The molecule has 0 bridgehead atoms. The first-order valence-corrected chi connectivity index (χ1v) is 9.24. The molecule has 0 atom stereocenters. The molecule has 3 aromatic rings. The SMILES string of the molecule is Cc1cc(C(=O)COC(=O)c2ccc(O)cc2O)c(C)n1-c1ccc(Br)cc1. The average Bonchev–Trinajstić information content (AvgIpc) is 2.95. The molecule has 0 spiro atoms. The molecule has 28 heavy (non-hydrogen) atoms. The summed E-state index contributed by atoms with van der Waals surface area (Å²) in [6.07, 6.45) is 0. The van der Waals surface area contributed by atoms with Crippen LogP contribution in [0.4, 0.5) is 0 Å². The molecule has 0 aliphatic carbocycles. The first-order chi connectivity index (χ1) is 13.3. The van der Waals surface area contributed by atoms with Crippen LogP contribution in [-0.2, 0) is 4.74 Å². The zero-order chi connectivity index (χ0) is 20.4. The molecule has 0 saturated carbocycles. The molecule has 7 heteroatoms. The smallest absolute Gasteiger partial charge is 0.342 e. The lowest BCUT2D eigenvalue weighted by Gasteiger charge is -2.10. The third-order valence-corrected chi connectivity index (χ3v) is 4.88. The summed E-state index contributed by atoms with van der Waals surface area (Å²) < 4.78 is 7.95. The first kappa shape index (κ1) is 19.7. The van der Waals surface area contributed by atoms with Crippen LogP contribution in [0.3, 0.4) is 0 Å². The Bertz CT molecular complexity index is 1050. The molecule has 0 radical (unpaired) electrons. The maximum atomic E-state index is 12.6. The lowest BCUT2D eigenvalue weighted by atomic mass is 10.1. The van der Waals surface area contributed by atoms with Gasteiger partial charge in [-0.2, -0.15) is 0 Å². The number of hydrogen-bond acceptors (Lipinski definition) is 5. The fraction of sp³-hybridized carbons (Fsp3) is 0.143. The summed E-state index contributed by atoms with van der Waals surface area (Å²) in [5.41, 5.74) is 2.89. The van der Waals surface area contributed by atoms with E-state index in [1.165, 1.54) is 12.1 Å². The minimum atomic E-state index is -0.840. The van der Waals surface area contributed by atoms with Crippen LogP contribution in [0.2, 0.25) is 0 Å². The normalized spacial score (nSPS) is 10.7. The second-order valence-corrected chi connectivity index (χ2v) is 7.21. The van der Waals surface area contributed by atoms with E-state index in [9.17, 15) is 19.8 Å². The molecule has 1 heterocycles. The molecule has 0 aliphatic heterocycles. The molecular formula is C21H18BrNO5. The minimum absolute atomic E-state index is 0.120. The van der Waals surface area contributed by atoms with Crippen molar-refractivity contribution in [3.8, 4) is 17.2 Å². The van der Waals surface area contributed by atoms with Crippen LogP contribution >= 0.6 is 15.9 Å². The number of Topliss-reactive ketones (excluding diaryl/α,β-unsaturated/α-hetero) is 1. The van der Waals surface area contributed by atoms with Gasteiger partial charge in [-0.25, -0.2) is 4.79 Å². The van der Waals surface area contributed by atoms with Gasteiger partial charge in [0.1, 0.15) is 17.1 Å². The molecule has 1 aromatic heterocycles. The van der Waals surface area contributed by atoms with E-state index in [1.54, 1.807) is 6.07 Å². The maximum absolute atomic E-state index is 12.6. The molecule has 6 nitrogen and oxygen atoms in total. The van der Waals surface area contributed by atoms with E-state index in [2.05, 4.69) is 15.9 Å². The van der Waals surface area contributed by atoms with E-state index >= 15 is 0 Å². The van der Waals surface area contributed by atoms with E-state index in [4.69, 9.17) is 4.74 Å². The Labute approximate surface area is 170 Å². The number of benzene rings is 2. The number of ketones is 1. The monoisotopic (exact) mass is 443 g/mol. The van der Waals surface area contributed by atoms with Crippen molar-refractivity contribution >= 4 is 27.7 Å². The second-order valence-electron chi connectivity index (χ2n) is 6.30. The van der Waals surface area contributed by atoms with E-state index in [0.717, 1.165) is 27.6 Å². The maximum Gasteiger partial charge on any atom is 0.342 e. The lowest BCUT2D eigenvalue weighted by Crippen LogP contribution is -2.15. The van der Waals surface area contributed by atoms with Gasteiger partial charge in [-0.05, 0) is 56.3 Å². The highest BCUT2D eigenvalue weighted by molar-refractivity contribution is 9.10. The third kappa shape index (κ3) is 3.94. The van der Waals surface area contributed by atoms with Gasteiger partial charge in [0.15, 0.2) is 6.61 Å². The Morgan fingerprint density at radius 1 is 1.00 bits per heavy atom. The fourth-order valence-electron chi connectivity index (χ4n) is 3.01. The van der Waals surface area contributed by atoms with Crippen molar-refractivity contribution in [1.82, 2.24) is 4.57 Å². The van der Waals surface area contributed by atoms with Gasteiger partial charge in [0.05, 0.1) is 0 Å².